The molecule has 0 aliphatic carbocycles. The Morgan fingerprint density at radius 1 is 1.31 bits per heavy atom. The molecule has 1 heterocycles. The van der Waals surface area contributed by atoms with Gasteiger partial charge in [-0.1, -0.05) is 23.8 Å². The van der Waals surface area contributed by atoms with Crippen LogP contribution in [0, 0.1) is 6.92 Å². The molecular formula is C20H23N3O3. The van der Waals surface area contributed by atoms with Crippen molar-refractivity contribution in [2.45, 2.75) is 19.9 Å². The maximum Gasteiger partial charge on any atom is 0.244 e. The van der Waals surface area contributed by atoms with E-state index in [2.05, 4.69) is 15.6 Å². The van der Waals surface area contributed by atoms with E-state index in [0.717, 1.165) is 16.7 Å². The number of aromatic nitrogens is 1. The zero-order chi connectivity index (χ0) is 18.9. The number of nitrogens with zero attached hydrogens (tertiary/aromatic N) is 1. The largest absolute Gasteiger partial charge is 0.496 e. The van der Waals surface area contributed by atoms with Crippen LogP contribution in [-0.4, -0.2) is 30.5 Å². The molecule has 1 unspecified atom stereocenters. The maximum absolute atomic E-state index is 12.1. The number of rotatable bonds is 7. The smallest absolute Gasteiger partial charge is 0.244 e. The fourth-order valence-corrected chi connectivity index (χ4v) is 2.44. The first kappa shape index (κ1) is 19.2. The molecule has 0 saturated carbocycles. The van der Waals surface area contributed by atoms with E-state index in [9.17, 15) is 9.59 Å². The van der Waals surface area contributed by atoms with Crippen molar-refractivity contribution in [1.82, 2.24) is 15.6 Å². The van der Waals surface area contributed by atoms with Crippen molar-refractivity contribution in [3.05, 3.63) is 65.5 Å². The summed E-state index contributed by atoms with van der Waals surface area (Å²) in [7, 11) is 1.59. The van der Waals surface area contributed by atoms with E-state index in [1.807, 2.05) is 38.1 Å². The van der Waals surface area contributed by atoms with Gasteiger partial charge in [0.15, 0.2) is 0 Å². The quantitative estimate of drug-likeness (QED) is 0.749. The van der Waals surface area contributed by atoms with Crippen molar-refractivity contribution in [1.29, 1.82) is 0 Å². The maximum atomic E-state index is 12.1. The molecule has 0 saturated heterocycles. The number of hydrogen-bond acceptors (Lipinski definition) is 4. The topological polar surface area (TPSA) is 80.3 Å². The predicted octanol–water partition coefficient (Wildman–Crippen LogP) is 2.41. The van der Waals surface area contributed by atoms with Crippen molar-refractivity contribution in [3.8, 4) is 5.75 Å². The molecule has 26 heavy (non-hydrogen) atoms. The molecule has 0 bridgehead atoms. The van der Waals surface area contributed by atoms with Crippen LogP contribution in [0.1, 0.15) is 29.7 Å². The number of amides is 2. The van der Waals surface area contributed by atoms with Gasteiger partial charge in [0.2, 0.25) is 11.8 Å². The lowest BCUT2D eigenvalue weighted by molar-refractivity contribution is -0.124. The number of pyridine rings is 1. The fourth-order valence-electron chi connectivity index (χ4n) is 2.44. The van der Waals surface area contributed by atoms with Gasteiger partial charge in [0.25, 0.3) is 0 Å². The summed E-state index contributed by atoms with van der Waals surface area (Å²) >= 11 is 0. The summed E-state index contributed by atoms with van der Waals surface area (Å²) in [6.07, 6.45) is 6.32. The summed E-state index contributed by atoms with van der Waals surface area (Å²) in [5.74, 6) is 0.0980. The van der Waals surface area contributed by atoms with Crippen molar-refractivity contribution in [3.63, 3.8) is 0 Å². The van der Waals surface area contributed by atoms with Gasteiger partial charge in [-0.2, -0.15) is 0 Å². The summed E-state index contributed by atoms with van der Waals surface area (Å²) in [5.41, 5.74) is 2.78. The number of nitrogens with one attached hydrogen (secondary N) is 2. The van der Waals surface area contributed by atoms with Gasteiger partial charge in [-0.3, -0.25) is 14.6 Å². The number of ether oxygens (including phenoxy) is 1. The first-order valence-corrected chi connectivity index (χ1v) is 8.29. The average molecular weight is 353 g/mol. The van der Waals surface area contributed by atoms with E-state index < -0.39 is 0 Å². The van der Waals surface area contributed by atoms with Gasteiger partial charge < -0.3 is 15.4 Å². The molecule has 136 valence electrons. The zero-order valence-corrected chi connectivity index (χ0v) is 15.2. The van der Waals surface area contributed by atoms with Crippen LogP contribution in [0.5, 0.6) is 5.75 Å². The van der Waals surface area contributed by atoms with Gasteiger partial charge in [0.1, 0.15) is 5.75 Å². The molecule has 0 radical (unpaired) electrons. The highest BCUT2D eigenvalue weighted by molar-refractivity contribution is 5.94. The van der Waals surface area contributed by atoms with Crippen molar-refractivity contribution in [2.24, 2.45) is 0 Å². The second-order valence-electron chi connectivity index (χ2n) is 5.87. The van der Waals surface area contributed by atoms with Gasteiger partial charge in [0.05, 0.1) is 19.7 Å². The number of methoxy groups -OCH3 is 1. The number of carbonyl (C=O) groups is 2. The zero-order valence-electron chi connectivity index (χ0n) is 15.2. The van der Waals surface area contributed by atoms with E-state index >= 15 is 0 Å². The molecule has 0 aliphatic rings. The normalized spacial score (nSPS) is 11.8. The van der Waals surface area contributed by atoms with E-state index in [1.54, 1.807) is 31.6 Å². The highest BCUT2D eigenvalue weighted by Gasteiger charge is 2.14. The Bertz CT molecular complexity index is 788. The van der Waals surface area contributed by atoms with Crippen LogP contribution >= 0.6 is 0 Å². The van der Waals surface area contributed by atoms with Crippen LogP contribution in [0.3, 0.4) is 0 Å². The summed E-state index contributed by atoms with van der Waals surface area (Å²) in [4.78, 5) is 27.9. The van der Waals surface area contributed by atoms with Crippen LogP contribution in [0.15, 0.2) is 48.8 Å². The third-order valence-corrected chi connectivity index (χ3v) is 3.76. The monoisotopic (exact) mass is 353 g/mol. The highest BCUT2D eigenvalue weighted by atomic mass is 16.5. The summed E-state index contributed by atoms with van der Waals surface area (Å²) in [5, 5.41) is 5.42. The molecule has 6 heteroatoms. The molecule has 1 aromatic heterocycles. The molecule has 2 N–H and O–H groups in total. The Hall–Kier alpha value is -3.15. The Labute approximate surface area is 153 Å². The average Bonchev–Trinajstić information content (AvgIpc) is 2.65. The minimum atomic E-state index is -0.343. The molecule has 0 spiro atoms. The summed E-state index contributed by atoms with van der Waals surface area (Å²) < 4.78 is 5.34. The molecule has 2 amide bonds. The van der Waals surface area contributed by atoms with Crippen molar-refractivity contribution >= 4 is 17.9 Å². The Morgan fingerprint density at radius 3 is 2.81 bits per heavy atom. The van der Waals surface area contributed by atoms with Crippen molar-refractivity contribution < 1.29 is 14.3 Å². The van der Waals surface area contributed by atoms with E-state index in [0.29, 0.717) is 5.75 Å². The number of hydrogen-bond donors (Lipinski definition) is 2. The lowest BCUT2D eigenvalue weighted by atomic mass is 10.0. The Balaban J connectivity index is 1.85. The van der Waals surface area contributed by atoms with Crippen molar-refractivity contribution in [2.75, 3.05) is 13.7 Å². The fraction of sp³-hybridized carbons (Fsp3) is 0.250. The molecule has 6 nitrogen and oxygen atoms in total. The number of benzene rings is 1. The molecule has 1 atom stereocenters. The van der Waals surface area contributed by atoms with Crippen LogP contribution in [-0.2, 0) is 9.59 Å². The molecule has 1 aromatic carbocycles. The lowest BCUT2D eigenvalue weighted by Gasteiger charge is -2.18. The first-order chi connectivity index (χ1) is 12.5. The third-order valence-electron chi connectivity index (χ3n) is 3.76. The lowest BCUT2D eigenvalue weighted by Crippen LogP contribution is -2.37. The van der Waals surface area contributed by atoms with Crippen LogP contribution < -0.4 is 15.4 Å². The van der Waals surface area contributed by atoms with Gasteiger partial charge >= 0.3 is 0 Å². The number of aryl methyl sites for hydroxylation is 1. The predicted molar refractivity (Wildman–Crippen MR) is 101 cm³/mol. The van der Waals surface area contributed by atoms with Gasteiger partial charge in [-0.25, -0.2) is 0 Å². The van der Waals surface area contributed by atoms with Gasteiger partial charge in [0, 0.05) is 24.0 Å². The number of carbonyl (C=O) groups excluding carboxylic acids is 2. The molecule has 0 fully saturated rings. The second-order valence-corrected chi connectivity index (χ2v) is 5.87. The van der Waals surface area contributed by atoms with Crippen LogP contribution in [0.2, 0.25) is 0 Å². The van der Waals surface area contributed by atoms with Crippen LogP contribution in [0.25, 0.3) is 6.08 Å². The highest BCUT2D eigenvalue weighted by Crippen LogP contribution is 2.25. The minimum Gasteiger partial charge on any atom is -0.496 e. The van der Waals surface area contributed by atoms with E-state index in [4.69, 9.17) is 4.74 Å². The standard InChI is InChI=1S/C20H23N3O3/c1-14-6-8-18(26-3)17(11-14)15(2)23-20(25)13-22-19(24)9-7-16-5-4-10-21-12-16/h4-12,15H,13H2,1-3H3,(H,22,24)(H,23,25). The van der Waals surface area contributed by atoms with Crippen LogP contribution in [0.4, 0.5) is 0 Å². The summed E-state index contributed by atoms with van der Waals surface area (Å²) in [6, 6.07) is 9.18. The Kier molecular flexibility index (Phi) is 6.91. The van der Waals surface area contributed by atoms with Gasteiger partial charge in [-0.05, 0) is 37.6 Å². The molecule has 2 aromatic rings. The van der Waals surface area contributed by atoms with Gasteiger partial charge in [-0.15, -0.1) is 0 Å². The molecule has 0 aliphatic heterocycles. The second kappa shape index (κ2) is 9.36. The SMILES string of the molecule is COc1ccc(C)cc1C(C)NC(=O)CNC(=O)C=Cc1cccnc1. The molecular weight excluding hydrogens is 330 g/mol. The minimum absolute atomic E-state index is 0.102. The molecule has 2 rings (SSSR count). The first-order valence-electron chi connectivity index (χ1n) is 8.29. The Morgan fingerprint density at radius 2 is 2.12 bits per heavy atom. The van der Waals surface area contributed by atoms with E-state index in [1.165, 1.54) is 6.08 Å². The van der Waals surface area contributed by atoms with E-state index in [-0.39, 0.29) is 24.4 Å². The third kappa shape index (κ3) is 5.73. The summed E-state index contributed by atoms with van der Waals surface area (Å²) in [6.45, 7) is 3.75.